The number of guanidine groups is 1. The van der Waals surface area contributed by atoms with E-state index < -0.39 is 10.0 Å². The third-order valence-electron chi connectivity index (χ3n) is 4.92. The van der Waals surface area contributed by atoms with Gasteiger partial charge in [0.1, 0.15) is 12.0 Å². The van der Waals surface area contributed by atoms with Gasteiger partial charge in [0.05, 0.1) is 12.8 Å². The van der Waals surface area contributed by atoms with Gasteiger partial charge < -0.3 is 15.1 Å². The molecule has 1 saturated heterocycles. The van der Waals surface area contributed by atoms with Crippen LogP contribution in [0.3, 0.4) is 0 Å². The number of hydrogen-bond donors (Lipinski definition) is 2. The van der Waals surface area contributed by atoms with Crippen molar-refractivity contribution < 1.29 is 12.8 Å². The molecule has 1 aromatic carbocycles. The van der Waals surface area contributed by atoms with E-state index in [-0.39, 0.29) is 0 Å². The molecule has 0 amide bonds. The van der Waals surface area contributed by atoms with E-state index in [1.54, 1.807) is 10.6 Å². The van der Waals surface area contributed by atoms with Crippen molar-refractivity contribution in [3.05, 3.63) is 42.3 Å². The fourth-order valence-electron chi connectivity index (χ4n) is 3.28. The predicted octanol–water partition coefficient (Wildman–Crippen LogP) is 2.07. The molecule has 8 nitrogen and oxygen atoms in total. The van der Waals surface area contributed by atoms with Gasteiger partial charge in [0.25, 0.3) is 0 Å². The smallest absolute Gasteiger partial charge is 0.226 e. The van der Waals surface area contributed by atoms with Crippen molar-refractivity contribution in [3.63, 3.8) is 0 Å². The zero-order valence-electron chi connectivity index (χ0n) is 17.0. The van der Waals surface area contributed by atoms with Gasteiger partial charge in [-0.1, -0.05) is 18.2 Å². The average Bonchev–Trinajstić information content (AvgIpc) is 3.19. The van der Waals surface area contributed by atoms with Crippen LogP contribution in [0.2, 0.25) is 0 Å². The quantitative estimate of drug-likeness (QED) is 0.526. The Morgan fingerprint density at radius 3 is 2.62 bits per heavy atom. The summed E-state index contributed by atoms with van der Waals surface area (Å²) in [6.07, 6.45) is 4.61. The Balaban J connectivity index is 1.52. The van der Waals surface area contributed by atoms with E-state index in [1.165, 1.54) is 6.26 Å². The van der Waals surface area contributed by atoms with Crippen LogP contribution in [0.15, 0.2) is 46.0 Å². The zero-order chi connectivity index (χ0) is 20.7. The van der Waals surface area contributed by atoms with E-state index in [1.807, 2.05) is 37.3 Å². The third kappa shape index (κ3) is 6.30. The van der Waals surface area contributed by atoms with E-state index in [0.29, 0.717) is 31.4 Å². The summed E-state index contributed by atoms with van der Waals surface area (Å²) in [5.74, 6) is 1.74. The molecule has 1 fully saturated rings. The Kier molecular flexibility index (Phi) is 7.27. The number of oxazole rings is 1. The Morgan fingerprint density at radius 1 is 1.24 bits per heavy atom. The van der Waals surface area contributed by atoms with Crippen LogP contribution < -0.4 is 10.6 Å². The van der Waals surface area contributed by atoms with Crippen molar-refractivity contribution in [1.29, 1.82) is 0 Å². The molecule has 1 aromatic heterocycles. The van der Waals surface area contributed by atoms with Crippen molar-refractivity contribution in [2.75, 3.05) is 32.4 Å². The van der Waals surface area contributed by atoms with Crippen molar-refractivity contribution in [3.8, 4) is 11.5 Å². The molecule has 0 bridgehead atoms. The van der Waals surface area contributed by atoms with Crippen LogP contribution in [-0.2, 0) is 16.6 Å². The molecule has 9 heteroatoms. The minimum atomic E-state index is -3.09. The topological polar surface area (TPSA) is 99.8 Å². The highest BCUT2D eigenvalue weighted by Crippen LogP contribution is 2.19. The summed E-state index contributed by atoms with van der Waals surface area (Å²) in [5, 5.41) is 6.60. The Hall–Kier alpha value is -2.39. The van der Waals surface area contributed by atoms with Crippen LogP contribution in [-0.4, -0.2) is 56.1 Å². The maximum absolute atomic E-state index is 11.6. The number of aromatic nitrogens is 1. The minimum absolute atomic E-state index is 0.415. The lowest BCUT2D eigenvalue weighted by molar-refractivity contribution is 0.275. The summed E-state index contributed by atoms with van der Waals surface area (Å²) in [6.45, 7) is 5.12. The molecule has 1 aliphatic heterocycles. The first-order valence-electron chi connectivity index (χ1n) is 9.93. The average molecular weight is 420 g/mol. The maximum Gasteiger partial charge on any atom is 0.226 e. The number of nitrogens with zero attached hydrogens (tertiary/aromatic N) is 3. The summed E-state index contributed by atoms with van der Waals surface area (Å²) in [5.41, 5.74) is 1.70. The first-order chi connectivity index (χ1) is 14.0. The second kappa shape index (κ2) is 9.89. The second-order valence-electron chi connectivity index (χ2n) is 7.19. The number of benzene rings is 1. The van der Waals surface area contributed by atoms with Crippen molar-refractivity contribution in [2.45, 2.75) is 26.3 Å². The molecule has 29 heavy (non-hydrogen) atoms. The number of aliphatic imine (C=N–C) groups is 1. The van der Waals surface area contributed by atoms with Gasteiger partial charge in [-0.15, -0.1) is 0 Å². The molecular weight excluding hydrogens is 390 g/mol. The molecule has 0 atom stereocenters. The largest absolute Gasteiger partial charge is 0.444 e. The summed E-state index contributed by atoms with van der Waals surface area (Å²) in [7, 11) is -3.09. The molecule has 158 valence electrons. The third-order valence-corrected chi connectivity index (χ3v) is 6.22. The number of piperidine rings is 1. The summed E-state index contributed by atoms with van der Waals surface area (Å²) in [6, 6.07) is 9.77. The normalized spacial score (nSPS) is 16.7. The lowest BCUT2D eigenvalue weighted by Crippen LogP contribution is -2.44. The van der Waals surface area contributed by atoms with Crippen molar-refractivity contribution in [2.24, 2.45) is 10.9 Å². The van der Waals surface area contributed by atoms with Crippen LogP contribution in [0.1, 0.15) is 25.5 Å². The number of rotatable bonds is 7. The summed E-state index contributed by atoms with van der Waals surface area (Å²) >= 11 is 0. The van der Waals surface area contributed by atoms with Gasteiger partial charge in [-0.05, 0) is 37.8 Å². The lowest BCUT2D eigenvalue weighted by Gasteiger charge is -2.30. The molecule has 3 rings (SSSR count). The SMILES string of the molecule is CCNC(=NCc1coc(-c2ccccc2)n1)NCC1CCN(S(C)(=O)=O)CC1. The van der Waals surface area contributed by atoms with Crippen LogP contribution in [0.25, 0.3) is 11.5 Å². The number of hydrogen-bond acceptors (Lipinski definition) is 5. The van der Waals surface area contributed by atoms with Gasteiger partial charge >= 0.3 is 0 Å². The van der Waals surface area contributed by atoms with Gasteiger partial charge in [0.15, 0.2) is 5.96 Å². The van der Waals surface area contributed by atoms with Gasteiger partial charge in [-0.3, -0.25) is 0 Å². The predicted molar refractivity (Wildman–Crippen MR) is 114 cm³/mol. The van der Waals surface area contributed by atoms with Gasteiger partial charge in [-0.25, -0.2) is 22.7 Å². The van der Waals surface area contributed by atoms with Crippen molar-refractivity contribution in [1.82, 2.24) is 19.9 Å². The van der Waals surface area contributed by atoms with Crippen LogP contribution >= 0.6 is 0 Å². The lowest BCUT2D eigenvalue weighted by atomic mass is 9.98. The van der Waals surface area contributed by atoms with E-state index in [9.17, 15) is 8.42 Å². The van der Waals surface area contributed by atoms with E-state index in [2.05, 4.69) is 20.6 Å². The van der Waals surface area contributed by atoms with E-state index >= 15 is 0 Å². The van der Waals surface area contributed by atoms with Crippen molar-refractivity contribution >= 4 is 16.0 Å². The molecular formula is C20H29N5O3S. The highest BCUT2D eigenvalue weighted by Gasteiger charge is 2.24. The van der Waals surface area contributed by atoms with Gasteiger partial charge in [0.2, 0.25) is 15.9 Å². The summed E-state index contributed by atoms with van der Waals surface area (Å²) in [4.78, 5) is 9.10. The molecule has 1 aliphatic rings. The molecule has 0 spiro atoms. The molecule has 2 aromatic rings. The Bertz CT molecular complexity index is 903. The minimum Gasteiger partial charge on any atom is -0.444 e. The fourth-order valence-corrected chi connectivity index (χ4v) is 4.15. The first kappa shape index (κ1) is 21.3. The first-order valence-corrected chi connectivity index (χ1v) is 11.8. The highest BCUT2D eigenvalue weighted by atomic mass is 32.2. The molecule has 0 aliphatic carbocycles. The van der Waals surface area contributed by atoms with Crippen LogP contribution in [0.4, 0.5) is 0 Å². The molecule has 0 unspecified atom stereocenters. The van der Waals surface area contributed by atoms with E-state index in [4.69, 9.17) is 4.42 Å². The molecule has 2 heterocycles. The van der Waals surface area contributed by atoms with Gasteiger partial charge in [0, 0.05) is 31.7 Å². The fraction of sp³-hybridized carbons (Fsp3) is 0.500. The molecule has 0 saturated carbocycles. The van der Waals surface area contributed by atoms with E-state index in [0.717, 1.165) is 43.1 Å². The number of sulfonamides is 1. The Labute approximate surface area is 172 Å². The number of nitrogens with one attached hydrogen (secondary N) is 2. The second-order valence-corrected chi connectivity index (χ2v) is 9.17. The Morgan fingerprint density at radius 2 is 1.97 bits per heavy atom. The summed E-state index contributed by atoms with van der Waals surface area (Å²) < 4.78 is 30.4. The monoisotopic (exact) mass is 419 g/mol. The zero-order valence-corrected chi connectivity index (χ0v) is 17.8. The highest BCUT2D eigenvalue weighted by molar-refractivity contribution is 7.88. The standard InChI is InChI=1S/C20H29N5O3S/c1-3-21-20(22-13-16-9-11-25(12-10-16)29(2,26)27)23-14-18-15-28-19(24-18)17-7-5-4-6-8-17/h4-8,15-16H,3,9-14H2,1-2H3,(H2,21,22,23). The van der Waals surface area contributed by atoms with Gasteiger partial charge in [-0.2, -0.15) is 0 Å². The van der Waals surface area contributed by atoms with Crippen LogP contribution in [0.5, 0.6) is 0 Å². The van der Waals surface area contributed by atoms with Crippen LogP contribution in [0, 0.1) is 5.92 Å². The molecule has 0 radical (unpaired) electrons. The molecule has 2 N–H and O–H groups in total. The maximum atomic E-state index is 11.6.